The van der Waals surface area contributed by atoms with Gasteiger partial charge < -0.3 is 4.74 Å². The van der Waals surface area contributed by atoms with E-state index in [2.05, 4.69) is 10.3 Å². The summed E-state index contributed by atoms with van der Waals surface area (Å²) in [6.45, 7) is 3.91. The van der Waals surface area contributed by atoms with Crippen molar-refractivity contribution < 1.29 is 9.53 Å². The Bertz CT molecular complexity index is 602. The second kappa shape index (κ2) is 4.60. The minimum Gasteiger partial charge on any atom is -0.496 e. The molecule has 0 saturated heterocycles. The maximum absolute atomic E-state index is 12.3. The lowest BCUT2D eigenvalue weighted by molar-refractivity contribution is 0.103. The van der Waals surface area contributed by atoms with E-state index in [1.165, 1.54) is 4.68 Å². The second-order valence-electron chi connectivity index (χ2n) is 4.19. The molecule has 0 atom stereocenters. The summed E-state index contributed by atoms with van der Waals surface area (Å²) < 4.78 is 6.83. The molecule has 18 heavy (non-hydrogen) atoms. The Morgan fingerprint density at radius 3 is 2.61 bits per heavy atom. The van der Waals surface area contributed by atoms with Gasteiger partial charge in [-0.15, -0.1) is 5.10 Å². The van der Waals surface area contributed by atoms with E-state index in [4.69, 9.17) is 4.74 Å². The van der Waals surface area contributed by atoms with Gasteiger partial charge in [-0.1, -0.05) is 11.3 Å². The molecule has 0 amide bonds. The molecule has 0 fully saturated rings. The number of hydrogen-bond acceptors (Lipinski definition) is 4. The number of benzene rings is 1. The average molecular weight is 245 g/mol. The van der Waals surface area contributed by atoms with Gasteiger partial charge in [0.1, 0.15) is 5.75 Å². The highest BCUT2D eigenvalue weighted by atomic mass is 16.5. The molecular formula is C13H15N3O2. The molecule has 0 spiro atoms. The Morgan fingerprint density at radius 1 is 1.33 bits per heavy atom. The van der Waals surface area contributed by atoms with E-state index >= 15 is 0 Å². The third-order valence-electron chi connectivity index (χ3n) is 2.96. The van der Waals surface area contributed by atoms with Gasteiger partial charge in [-0.25, -0.2) is 0 Å². The molecule has 94 valence electrons. The van der Waals surface area contributed by atoms with Crippen molar-refractivity contribution in [3.05, 3.63) is 40.7 Å². The molecule has 0 saturated carbocycles. The normalized spacial score (nSPS) is 10.4. The summed E-state index contributed by atoms with van der Waals surface area (Å²) in [5, 5.41) is 7.59. The SMILES string of the molecule is COc1c(C(=O)c2cn(C)nn2)ccc(C)c1C. The third-order valence-corrected chi connectivity index (χ3v) is 2.96. The lowest BCUT2D eigenvalue weighted by atomic mass is 10.0. The van der Waals surface area contributed by atoms with Gasteiger partial charge in [0.2, 0.25) is 5.78 Å². The molecule has 1 aromatic carbocycles. The summed E-state index contributed by atoms with van der Waals surface area (Å²) in [6, 6.07) is 3.67. The van der Waals surface area contributed by atoms with Crippen LogP contribution in [0.1, 0.15) is 27.2 Å². The molecule has 0 aliphatic rings. The topological polar surface area (TPSA) is 57.0 Å². The van der Waals surface area contributed by atoms with Crippen LogP contribution in [0.15, 0.2) is 18.3 Å². The van der Waals surface area contributed by atoms with Crippen LogP contribution in [0, 0.1) is 13.8 Å². The van der Waals surface area contributed by atoms with Crippen molar-refractivity contribution in [2.75, 3.05) is 7.11 Å². The number of aromatic nitrogens is 3. The first kappa shape index (κ1) is 12.3. The Morgan fingerprint density at radius 2 is 2.06 bits per heavy atom. The number of methoxy groups -OCH3 is 1. The molecule has 2 aromatic rings. The largest absolute Gasteiger partial charge is 0.496 e. The van der Waals surface area contributed by atoms with E-state index in [0.717, 1.165) is 11.1 Å². The van der Waals surface area contributed by atoms with Gasteiger partial charge in [-0.3, -0.25) is 9.48 Å². The molecule has 2 rings (SSSR count). The first-order chi connectivity index (χ1) is 8.54. The summed E-state index contributed by atoms with van der Waals surface area (Å²) in [4.78, 5) is 12.3. The zero-order valence-corrected chi connectivity index (χ0v) is 10.9. The summed E-state index contributed by atoms with van der Waals surface area (Å²) >= 11 is 0. The molecule has 1 heterocycles. The molecule has 0 unspecified atom stereocenters. The predicted molar refractivity (Wildman–Crippen MR) is 66.9 cm³/mol. The van der Waals surface area contributed by atoms with Gasteiger partial charge in [0, 0.05) is 7.05 Å². The number of carbonyl (C=O) groups excluding carboxylic acids is 1. The van der Waals surface area contributed by atoms with Crippen molar-refractivity contribution in [3.63, 3.8) is 0 Å². The number of nitrogens with zero attached hydrogens (tertiary/aromatic N) is 3. The van der Waals surface area contributed by atoms with Crippen LogP contribution < -0.4 is 4.74 Å². The Balaban J connectivity index is 2.51. The zero-order chi connectivity index (χ0) is 13.3. The highest BCUT2D eigenvalue weighted by molar-refractivity contribution is 6.09. The van der Waals surface area contributed by atoms with Gasteiger partial charge in [-0.2, -0.15) is 0 Å². The minimum atomic E-state index is -0.178. The first-order valence-corrected chi connectivity index (χ1v) is 5.59. The number of rotatable bonds is 3. The van der Waals surface area contributed by atoms with Gasteiger partial charge >= 0.3 is 0 Å². The predicted octanol–water partition coefficient (Wildman–Crippen LogP) is 1.67. The molecule has 0 bridgehead atoms. The number of ether oxygens (including phenoxy) is 1. The van der Waals surface area contributed by atoms with Crippen LogP contribution in [0.25, 0.3) is 0 Å². The molecular weight excluding hydrogens is 230 g/mol. The van der Waals surface area contributed by atoms with Crippen LogP contribution in [0.5, 0.6) is 5.75 Å². The fourth-order valence-corrected chi connectivity index (χ4v) is 1.82. The molecule has 0 radical (unpaired) electrons. The minimum absolute atomic E-state index is 0.178. The Hall–Kier alpha value is -2.17. The number of aryl methyl sites for hydroxylation is 2. The maximum Gasteiger partial charge on any atom is 0.218 e. The standard InChI is InChI=1S/C13H15N3O2/c1-8-5-6-10(13(18-4)9(8)2)12(17)11-7-16(3)15-14-11/h5-7H,1-4H3. The van der Waals surface area contributed by atoms with Crippen LogP contribution >= 0.6 is 0 Å². The first-order valence-electron chi connectivity index (χ1n) is 5.59. The summed E-state index contributed by atoms with van der Waals surface area (Å²) in [7, 11) is 3.29. The van der Waals surface area contributed by atoms with Crippen molar-refractivity contribution in [1.82, 2.24) is 15.0 Å². The fourth-order valence-electron chi connectivity index (χ4n) is 1.82. The molecule has 5 nitrogen and oxygen atoms in total. The van der Waals surface area contributed by atoms with Gasteiger partial charge in [0.25, 0.3) is 0 Å². The van der Waals surface area contributed by atoms with Crippen LogP contribution in [-0.4, -0.2) is 27.9 Å². The molecule has 0 aliphatic carbocycles. The number of hydrogen-bond donors (Lipinski definition) is 0. The van der Waals surface area contributed by atoms with E-state index in [1.807, 2.05) is 19.9 Å². The third kappa shape index (κ3) is 1.99. The van der Waals surface area contributed by atoms with Gasteiger partial charge in [0.15, 0.2) is 5.69 Å². The molecule has 0 N–H and O–H groups in total. The van der Waals surface area contributed by atoms with Gasteiger partial charge in [-0.05, 0) is 31.0 Å². The zero-order valence-electron chi connectivity index (χ0n) is 10.9. The van der Waals surface area contributed by atoms with Crippen LogP contribution in [-0.2, 0) is 7.05 Å². The summed E-state index contributed by atoms with van der Waals surface area (Å²) in [6.07, 6.45) is 1.59. The van der Waals surface area contributed by atoms with Crippen molar-refractivity contribution in [1.29, 1.82) is 0 Å². The fraction of sp³-hybridized carbons (Fsp3) is 0.308. The van der Waals surface area contributed by atoms with Gasteiger partial charge in [0.05, 0.1) is 18.9 Å². The molecule has 0 aliphatic heterocycles. The monoisotopic (exact) mass is 245 g/mol. The van der Waals surface area contributed by atoms with Crippen molar-refractivity contribution in [3.8, 4) is 5.75 Å². The van der Waals surface area contributed by atoms with Crippen LogP contribution in [0.3, 0.4) is 0 Å². The second-order valence-corrected chi connectivity index (χ2v) is 4.19. The van der Waals surface area contributed by atoms with E-state index < -0.39 is 0 Å². The average Bonchev–Trinajstić information content (AvgIpc) is 2.78. The smallest absolute Gasteiger partial charge is 0.218 e. The number of carbonyl (C=O) groups is 1. The van der Waals surface area contributed by atoms with Crippen molar-refractivity contribution >= 4 is 5.78 Å². The molecule has 1 aromatic heterocycles. The van der Waals surface area contributed by atoms with E-state index in [-0.39, 0.29) is 5.78 Å². The lowest BCUT2D eigenvalue weighted by Crippen LogP contribution is -2.06. The van der Waals surface area contributed by atoms with Crippen molar-refractivity contribution in [2.45, 2.75) is 13.8 Å². The summed E-state index contributed by atoms with van der Waals surface area (Å²) in [5.74, 6) is 0.425. The van der Waals surface area contributed by atoms with Crippen LogP contribution in [0.2, 0.25) is 0 Å². The quantitative estimate of drug-likeness (QED) is 0.772. The summed E-state index contributed by atoms with van der Waals surface area (Å²) in [5.41, 5.74) is 2.88. The van der Waals surface area contributed by atoms with Crippen LogP contribution in [0.4, 0.5) is 0 Å². The van der Waals surface area contributed by atoms with Crippen molar-refractivity contribution in [2.24, 2.45) is 7.05 Å². The Kier molecular flexibility index (Phi) is 3.14. The van der Waals surface area contributed by atoms with E-state index in [0.29, 0.717) is 17.0 Å². The van der Waals surface area contributed by atoms with E-state index in [9.17, 15) is 4.79 Å². The number of ketones is 1. The Labute approximate surface area is 105 Å². The highest BCUT2D eigenvalue weighted by Crippen LogP contribution is 2.27. The lowest BCUT2D eigenvalue weighted by Gasteiger charge is -2.11. The highest BCUT2D eigenvalue weighted by Gasteiger charge is 2.19. The van der Waals surface area contributed by atoms with E-state index in [1.54, 1.807) is 26.4 Å². The molecule has 5 heteroatoms. The maximum atomic E-state index is 12.3.